The normalized spacial score (nSPS) is 19.1. The van der Waals surface area contributed by atoms with Gasteiger partial charge in [0.1, 0.15) is 11.6 Å². The minimum Gasteiger partial charge on any atom is -0.465 e. The lowest BCUT2D eigenvalue weighted by molar-refractivity contribution is -0.00729. The predicted octanol–water partition coefficient (Wildman–Crippen LogP) is 4.54. The highest BCUT2D eigenvalue weighted by Crippen LogP contribution is 2.39. The Morgan fingerprint density at radius 2 is 1.94 bits per heavy atom. The molecule has 3 unspecified atom stereocenters. The first-order chi connectivity index (χ1) is 14.6. The molecule has 1 saturated heterocycles. The minimum absolute atomic E-state index is 0.0831. The summed E-state index contributed by atoms with van der Waals surface area (Å²) in [6.45, 7) is 2.06. The number of hydrogen-bond donors (Lipinski definition) is 1. The van der Waals surface area contributed by atoms with Crippen molar-refractivity contribution in [3.63, 3.8) is 0 Å². The maximum absolute atomic E-state index is 14.7. The van der Waals surface area contributed by atoms with Crippen LogP contribution < -0.4 is 0 Å². The van der Waals surface area contributed by atoms with E-state index < -0.39 is 44.8 Å². The summed E-state index contributed by atoms with van der Waals surface area (Å²) in [6, 6.07) is 7.48. The lowest BCUT2D eigenvalue weighted by atomic mass is 9.92. The van der Waals surface area contributed by atoms with Crippen LogP contribution in [0.15, 0.2) is 47.4 Å². The van der Waals surface area contributed by atoms with E-state index in [1.54, 1.807) is 6.92 Å². The molecule has 2 aromatic carbocycles. The first-order valence-electron chi connectivity index (χ1n) is 9.63. The van der Waals surface area contributed by atoms with E-state index in [0.717, 1.165) is 18.2 Å². The summed E-state index contributed by atoms with van der Waals surface area (Å²) in [6.07, 6.45) is -1.06. The maximum Gasteiger partial charge on any atom is 0.407 e. The van der Waals surface area contributed by atoms with Gasteiger partial charge in [0.05, 0.1) is 29.4 Å². The van der Waals surface area contributed by atoms with Crippen LogP contribution in [0.3, 0.4) is 0 Å². The Morgan fingerprint density at radius 3 is 2.58 bits per heavy atom. The lowest BCUT2D eigenvalue weighted by Gasteiger charge is -2.36. The van der Waals surface area contributed by atoms with Crippen LogP contribution in [0.5, 0.6) is 0 Å². The minimum atomic E-state index is -4.17. The number of rotatable bonds is 6. The average molecular weight is 474 g/mol. The number of hydrogen-bond acceptors (Lipinski definition) is 4. The molecule has 3 atom stereocenters. The van der Waals surface area contributed by atoms with Crippen LogP contribution >= 0.6 is 11.6 Å². The Hall–Kier alpha value is -2.23. The first kappa shape index (κ1) is 23.4. The van der Waals surface area contributed by atoms with Gasteiger partial charge in [-0.2, -0.15) is 0 Å². The number of nitrogens with zero attached hydrogens (tertiary/aromatic N) is 1. The fourth-order valence-electron chi connectivity index (χ4n) is 3.94. The number of halogens is 3. The number of carbonyl (C=O) groups is 1. The molecular formula is C21H22ClF2NO5S. The van der Waals surface area contributed by atoms with E-state index in [0.29, 0.717) is 5.02 Å². The van der Waals surface area contributed by atoms with Crippen molar-refractivity contribution >= 4 is 27.5 Å². The number of morpholine rings is 1. The quantitative estimate of drug-likeness (QED) is 0.666. The maximum atomic E-state index is 14.7. The van der Waals surface area contributed by atoms with E-state index in [1.165, 1.54) is 29.2 Å². The van der Waals surface area contributed by atoms with E-state index in [-0.39, 0.29) is 36.6 Å². The Morgan fingerprint density at radius 1 is 1.26 bits per heavy atom. The highest BCUT2D eigenvalue weighted by atomic mass is 35.5. The summed E-state index contributed by atoms with van der Waals surface area (Å²) in [4.78, 5) is 12.7. The Kier molecular flexibility index (Phi) is 7.18. The summed E-state index contributed by atoms with van der Waals surface area (Å²) in [5, 5.41) is 8.34. The zero-order valence-corrected chi connectivity index (χ0v) is 18.2. The van der Waals surface area contributed by atoms with Gasteiger partial charge >= 0.3 is 6.09 Å². The average Bonchev–Trinajstić information content (AvgIpc) is 2.71. The number of ether oxygens (including phenoxy) is 1. The Balaban J connectivity index is 2.04. The summed E-state index contributed by atoms with van der Waals surface area (Å²) < 4.78 is 61.0. The van der Waals surface area contributed by atoms with Crippen molar-refractivity contribution in [2.75, 3.05) is 19.8 Å². The van der Waals surface area contributed by atoms with Gasteiger partial charge in [-0.3, -0.25) is 0 Å². The van der Waals surface area contributed by atoms with Crippen molar-refractivity contribution in [3.05, 3.63) is 64.7 Å². The number of amides is 1. The number of carboxylic acid groups (broad SMARTS) is 1. The molecule has 1 aliphatic heterocycles. The first-order valence-corrected chi connectivity index (χ1v) is 11.6. The van der Waals surface area contributed by atoms with E-state index in [2.05, 4.69) is 0 Å². The molecule has 0 bridgehead atoms. The Bertz CT molecular complexity index is 1050. The van der Waals surface area contributed by atoms with Gasteiger partial charge in [0.25, 0.3) is 0 Å². The van der Waals surface area contributed by atoms with E-state index in [4.69, 9.17) is 16.3 Å². The van der Waals surface area contributed by atoms with Crippen molar-refractivity contribution in [3.8, 4) is 0 Å². The largest absolute Gasteiger partial charge is 0.465 e. The second kappa shape index (κ2) is 9.50. The molecule has 0 spiro atoms. The van der Waals surface area contributed by atoms with Crippen LogP contribution in [0.4, 0.5) is 13.6 Å². The Labute approximate surface area is 184 Å². The van der Waals surface area contributed by atoms with Crippen LogP contribution in [0.2, 0.25) is 5.02 Å². The fraction of sp³-hybridized carbons (Fsp3) is 0.381. The third-order valence-electron chi connectivity index (χ3n) is 5.37. The smallest absolute Gasteiger partial charge is 0.407 e. The molecule has 0 aliphatic carbocycles. The second-order valence-corrected chi connectivity index (χ2v) is 10.0. The third-order valence-corrected chi connectivity index (χ3v) is 7.94. The summed E-state index contributed by atoms with van der Waals surface area (Å²) in [5.41, 5.74) is -0.305. The van der Waals surface area contributed by atoms with Crippen LogP contribution in [0, 0.1) is 17.6 Å². The predicted molar refractivity (Wildman–Crippen MR) is 111 cm³/mol. The zero-order valence-electron chi connectivity index (χ0n) is 16.7. The number of benzene rings is 2. The lowest BCUT2D eigenvalue weighted by Crippen LogP contribution is -2.49. The molecular weight excluding hydrogens is 452 g/mol. The van der Waals surface area contributed by atoms with Crippen molar-refractivity contribution in [2.45, 2.75) is 29.5 Å². The SMILES string of the molecule is CC(CC1COCCN1C(=O)O)C(c1cc(F)ccc1F)S(=O)(=O)c1ccc(Cl)cc1. The van der Waals surface area contributed by atoms with Crippen molar-refractivity contribution in [1.29, 1.82) is 0 Å². The molecule has 1 amide bonds. The summed E-state index contributed by atoms with van der Waals surface area (Å²) in [7, 11) is -4.17. The van der Waals surface area contributed by atoms with Crippen LogP contribution in [0.25, 0.3) is 0 Å². The molecule has 0 aromatic heterocycles. The molecule has 6 nitrogen and oxygen atoms in total. The molecule has 1 heterocycles. The molecule has 0 saturated carbocycles. The summed E-state index contributed by atoms with van der Waals surface area (Å²) >= 11 is 5.86. The topological polar surface area (TPSA) is 83.9 Å². The molecule has 2 aromatic rings. The molecule has 3 rings (SSSR count). The zero-order chi connectivity index (χ0) is 22.8. The fourth-order valence-corrected chi connectivity index (χ4v) is 6.11. The van der Waals surface area contributed by atoms with Gasteiger partial charge in [0.15, 0.2) is 9.84 Å². The highest BCUT2D eigenvalue weighted by molar-refractivity contribution is 7.91. The molecule has 168 valence electrons. The molecule has 0 radical (unpaired) electrons. The van der Waals surface area contributed by atoms with Crippen molar-refractivity contribution in [1.82, 2.24) is 4.90 Å². The monoisotopic (exact) mass is 473 g/mol. The van der Waals surface area contributed by atoms with Crippen LogP contribution in [-0.2, 0) is 14.6 Å². The molecule has 1 aliphatic rings. The standard InChI is InChI=1S/C21H22ClF2NO5S/c1-13(10-16-12-30-9-8-25(16)21(26)27)20(18-11-15(23)4-7-19(18)24)31(28,29)17-5-2-14(22)3-6-17/h2-7,11,13,16,20H,8-10,12H2,1H3,(H,26,27). The summed E-state index contributed by atoms with van der Waals surface area (Å²) in [5.74, 6) is -2.38. The van der Waals surface area contributed by atoms with Gasteiger partial charge in [-0.1, -0.05) is 18.5 Å². The van der Waals surface area contributed by atoms with Gasteiger partial charge in [-0.05, 0) is 54.8 Å². The van der Waals surface area contributed by atoms with E-state index in [9.17, 15) is 27.1 Å². The molecule has 31 heavy (non-hydrogen) atoms. The van der Waals surface area contributed by atoms with Gasteiger partial charge in [0.2, 0.25) is 0 Å². The third kappa shape index (κ3) is 5.16. The van der Waals surface area contributed by atoms with Gasteiger partial charge in [-0.15, -0.1) is 0 Å². The van der Waals surface area contributed by atoms with Gasteiger partial charge in [-0.25, -0.2) is 22.0 Å². The van der Waals surface area contributed by atoms with Crippen LogP contribution in [0.1, 0.15) is 24.2 Å². The van der Waals surface area contributed by atoms with Crippen molar-refractivity contribution in [2.24, 2.45) is 5.92 Å². The van der Waals surface area contributed by atoms with Crippen LogP contribution in [-0.4, -0.2) is 50.3 Å². The van der Waals surface area contributed by atoms with Gasteiger partial charge < -0.3 is 14.7 Å². The highest BCUT2D eigenvalue weighted by Gasteiger charge is 2.39. The van der Waals surface area contributed by atoms with Gasteiger partial charge in [0, 0.05) is 17.1 Å². The molecule has 1 fully saturated rings. The van der Waals surface area contributed by atoms with E-state index >= 15 is 0 Å². The molecule has 1 N–H and O–H groups in total. The second-order valence-electron chi connectivity index (χ2n) is 7.50. The van der Waals surface area contributed by atoms with Crippen molar-refractivity contribution < 1.29 is 31.8 Å². The van der Waals surface area contributed by atoms with E-state index in [1.807, 2.05) is 0 Å². The molecule has 10 heteroatoms. The number of sulfone groups is 1.